The number of aromatic nitrogens is 1. The molecule has 1 fully saturated rings. The number of H-pyrrole nitrogens is 1. The molecule has 0 radical (unpaired) electrons. The van der Waals surface area contributed by atoms with Gasteiger partial charge in [0.05, 0.1) is 13.5 Å². The van der Waals surface area contributed by atoms with E-state index in [1.165, 1.54) is 0 Å². The number of ether oxygens (including phenoxy) is 1. The summed E-state index contributed by atoms with van der Waals surface area (Å²) in [4.78, 5) is 27.6. The van der Waals surface area contributed by atoms with Crippen molar-refractivity contribution in [2.75, 3.05) is 7.11 Å². The minimum Gasteiger partial charge on any atom is -0.497 e. The largest absolute Gasteiger partial charge is 0.497 e. The fourth-order valence-corrected chi connectivity index (χ4v) is 3.89. The van der Waals surface area contributed by atoms with E-state index in [2.05, 4.69) is 17.2 Å². The van der Waals surface area contributed by atoms with Crippen LogP contribution in [0.1, 0.15) is 44.6 Å². The fraction of sp³-hybridized carbons (Fsp3) is 0.500. The van der Waals surface area contributed by atoms with Gasteiger partial charge in [0.15, 0.2) is 0 Å². The normalized spacial score (nSPS) is 22.9. The summed E-state index contributed by atoms with van der Waals surface area (Å²) in [7, 11) is 1.60. The van der Waals surface area contributed by atoms with Crippen LogP contribution in [-0.2, 0) is 16.0 Å². The lowest BCUT2D eigenvalue weighted by atomic mass is 9.75. The number of amides is 1. The van der Waals surface area contributed by atoms with Gasteiger partial charge in [-0.1, -0.05) is 13.3 Å². The van der Waals surface area contributed by atoms with Gasteiger partial charge in [-0.2, -0.15) is 0 Å². The summed E-state index contributed by atoms with van der Waals surface area (Å²) >= 11 is 0. The molecule has 1 heterocycles. The maximum atomic E-state index is 12.6. The van der Waals surface area contributed by atoms with Crippen molar-refractivity contribution in [3.8, 4) is 5.75 Å². The first kappa shape index (κ1) is 18.3. The number of fused-ring (bicyclic) bond motifs is 1. The highest BCUT2D eigenvalue weighted by Crippen LogP contribution is 2.34. The zero-order valence-corrected chi connectivity index (χ0v) is 15.3. The molecule has 3 N–H and O–H groups in total. The third-order valence-electron chi connectivity index (χ3n) is 5.65. The third-order valence-corrected chi connectivity index (χ3v) is 5.65. The van der Waals surface area contributed by atoms with Crippen molar-refractivity contribution in [1.82, 2.24) is 10.3 Å². The topological polar surface area (TPSA) is 91.4 Å². The Morgan fingerprint density at radius 2 is 2.08 bits per heavy atom. The number of aliphatic carboxylic acids is 1. The first-order chi connectivity index (χ1) is 12.5. The average Bonchev–Trinajstić information content (AvgIpc) is 3.04. The van der Waals surface area contributed by atoms with Gasteiger partial charge in [0.2, 0.25) is 5.91 Å². The van der Waals surface area contributed by atoms with Crippen LogP contribution in [0.4, 0.5) is 0 Å². The summed E-state index contributed by atoms with van der Waals surface area (Å²) in [5, 5.41) is 13.5. The summed E-state index contributed by atoms with van der Waals surface area (Å²) in [5.41, 5.74) is 0.621. The molecule has 140 valence electrons. The number of methoxy groups -OCH3 is 1. The van der Waals surface area contributed by atoms with Crippen molar-refractivity contribution in [3.05, 3.63) is 30.0 Å². The molecule has 0 aliphatic heterocycles. The Morgan fingerprint density at radius 1 is 1.35 bits per heavy atom. The maximum absolute atomic E-state index is 12.6. The van der Waals surface area contributed by atoms with Crippen molar-refractivity contribution in [3.63, 3.8) is 0 Å². The van der Waals surface area contributed by atoms with E-state index in [1.54, 1.807) is 13.3 Å². The molecule has 1 aliphatic carbocycles. The molecule has 3 rings (SSSR count). The molecule has 0 spiro atoms. The Morgan fingerprint density at radius 3 is 2.69 bits per heavy atom. The lowest BCUT2D eigenvalue weighted by Crippen LogP contribution is -2.56. The molecule has 0 saturated heterocycles. The number of hydrogen-bond acceptors (Lipinski definition) is 3. The number of rotatable bonds is 6. The number of nitrogens with one attached hydrogen (secondary N) is 2. The van der Waals surface area contributed by atoms with Crippen molar-refractivity contribution < 1.29 is 19.4 Å². The second-order valence-electron chi connectivity index (χ2n) is 7.19. The molecule has 2 aromatic rings. The molecule has 0 unspecified atom stereocenters. The molecule has 0 bridgehead atoms. The van der Waals surface area contributed by atoms with E-state index in [0.29, 0.717) is 18.8 Å². The number of carbonyl (C=O) groups is 2. The minimum atomic E-state index is -1.13. The lowest BCUT2D eigenvalue weighted by Gasteiger charge is -2.37. The maximum Gasteiger partial charge on any atom is 0.329 e. The highest BCUT2D eigenvalue weighted by Gasteiger charge is 2.42. The third kappa shape index (κ3) is 3.54. The van der Waals surface area contributed by atoms with Gasteiger partial charge in [-0.15, -0.1) is 0 Å². The second-order valence-corrected chi connectivity index (χ2v) is 7.19. The number of carbonyl (C=O) groups excluding carboxylic acids is 1. The van der Waals surface area contributed by atoms with E-state index in [1.807, 2.05) is 18.2 Å². The first-order valence-electron chi connectivity index (χ1n) is 9.16. The van der Waals surface area contributed by atoms with Crippen LogP contribution in [0.15, 0.2) is 24.4 Å². The summed E-state index contributed by atoms with van der Waals surface area (Å²) < 4.78 is 5.25. The highest BCUT2D eigenvalue weighted by atomic mass is 16.5. The van der Waals surface area contributed by atoms with Crippen LogP contribution < -0.4 is 10.1 Å². The predicted molar refractivity (Wildman–Crippen MR) is 99.3 cm³/mol. The SMILES string of the molecule is CCC1CCC(NC(=O)Cc2c[nH]c3ccc(OC)cc23)(C(=O)O)CC1. The number of benzene rings is 1. The molecule has 1 aromatic carbocycles. The molecule has 1 saturated carbocycles. The standard InChI is InChI=1S/C20H26N2O4/c1-3-13-6-8-20(9-7-13,19(24)25)22-18(23)10-14-12-21-17-5-4-15(26-2)11-16(14)17/h4-5,11-13,21H,3,6-10H2,1-2H3,(H,22,23)(H,24,25). The van der Waals surface area contributed by atoms with E-state index >= 15 is 0 Å². The molecule has 26 heavy (non-hydrogen) atoms. The van der Waals surface area contributed by atoms with Crippen LogP contribution in [0.5, 0.6) is 5.75 Å². The van der Waals surface area contributed by atoms with Gasteiger partial charge in [-0.3, -0.25) is 4.79 Å². The number of hydrogen-bond donors (Lipinski definition) is 3. The van der Waals surface area contributed by atoms with E-state index in [0.717, 1.165) is 41.5 Å². The van der Waals surface area contributed by atoms with E-state index in [4.69, 9.17) is 4.74 Å². The molecular formula is C20H26N2O4. The monoisotopic (exact) mass is 358 g/mol. The molecule has 6 nitrogen and oxygen atoms in total. The summed E-state index contributed by atoms with van der Waals surface area (Å²) in [6.07, 6.45) is 5.66. The molecule has 1 aromatic heterocycles. The molecule has 0 atom stereocenters. The Labute approximate surface area is 152 Å². The Hall–Kier alpha value is -2.50. The number of carboxylic acid groups (broad SMARTS) is 1. The van der Waals surface area contributed by atoms with Crippen LogP contribution in [0.2, 0.25) is 0 Å². The molecule has 1 aliphatic rings. The van der Waals surface area contributed by atoms with Gasteiger partial charge in [0.1, 0.15) is 11.3 Å². The molecule has 6 heteroatoms. The highest BCUT2D eigenvalue weighted by molar-refractivity contribution is 5.92. The fourth-order valence-electron chi connectivity index (χ4n) is 3.89. The van der Waals surface area contributed by atoms with Crippen LogP contribution in [0, 0.1) is 5.92 Å². The summed E-state index contributed by atoms with van der Waals surface area (Å²) in [6.45, 7) is 2.13. The lowest BCUT2D eigenvalue weighted by molar-refractivity contribution is -0.149. The van der Waals surface area contributed by atoms with Crippen LogP contribution in [0.3, 0.4) is 0 Å². The zero-order chi connectivity index (χ0) is 18.7. The number of carboxylic acids is 1. The van der Waals surface area contributed by atoms with E-state index in [9.17, 15) is 14.7 Å². The van der Waals surface area contributed by atoms with E-state index in [-0.39, 0.29) is 12.3 Å². The minimum absolute atomic E-state index is 0.138. The van der Waals surface area contributed by atoms with Gasteiger partial charge >= 0.3 is 5.97 Å². The Kier molecular flexibility index (Phi) is 5.20. The van der Waals surface area contributed by atoms with Crippen LogP contribution >= 0.6 is 0 Å². The Bertz CT molecular complexity index is 803. The quantitative estimate of drug-likeness (QED) is 0.739. The Balaban J connectivity index is 1.74. The van der Waals surface area contributed by atoms with Crippen molar-refractivity contribution >= 4 is 22.8 Å². The molecular weight excluding hydrogens is 332 g/mol. The van der Waals surface area contributed by atoms with Gasteiger partial charge in [0, 0.05) is 17.1 Å². The van der Waals surface area contributed by atoms with Crippen molar-refractivity contribution in [2.45, 2.75) is 51.0 Å². The van der Waals surface area contributed by atoms with Gasteiger partial charge in [-0.25, -0.2) is 4.79 Å². The van der Waals surface area contributed by atoms with Gasteiger partial charge < -0.3 is 20.1 Å². The second kappa shape index (κ2) is 7.40. The van der Waals surface area contributed by atoms with Crippen LogP contribution in [0.25, 0.3) is 10.9 Å². The predicted octanol–water partition coefficient (Wildman–Crippen LogP) is 3.26. The van der Waals surface area contributed by atoms with Crippen molar-refractivity contribution in [1.29, 1.82) is 0 Å². The van der Waals surface area contributed by atoms with Gasteiger partial charge in [-0.05, 0) is 55.4 Å². The zero-order valence-electron chi connectivity index (χ0n) is 15.3. The summed E-state index contributed by atoms with van der Waals surface area (Å²) in [5.74, 6) is 0.0891. The van der Waals surface area contributed by atoms with Gasteiger partial charge in [0.25, 0.3) is 0 Å². The molecule has 1 amide bonds. The van der Waals surface area contributed by atoms with Crippen molar-refractivity contribution in [2.24, 2.45) is 5.92 Å². The van der Waals surface area contributed by atoms with Crippen LogP contribution in [-0.4, -0.2) is 34.6 Å². The number of aromatic amines is 1. The smallest absolute Gasteiger partial charge is 0.329 e. The first-order valence-corrected chi connectivity index (χ1v) is 9.16. The average molecular weight is 358 g/mol. The van der Waals surface area contributed by atoms with E-state index < -0.39 is 11.5 Å². The summed E-state index contributed by atoms with van der Waals surface area (Å²) in [6, 6.07) is 5.64.